The molecule has 1 heterocycles. The number of hydrogen-bond donors (Lipinski definition) is 1. The van der Waals surface area contributed by atoms with Crippen LogP contribution in [0.3, 0.4) is 0 Å². The van der Waals surface area contributed by atoms with E-state index in [0.29, 0.717) is 5.92 Å². The molecule has 1 aromatic carbocycles. The maximum absolute atomic E-state index is 12.6. The third kappa shape index (κ3) is 4.10. The van der Waals surface area contributed by atoms with Gasteiger partial charge in [0.25, 0.3) is 0 Å². The minimum atomic E-state index is -0.114. The molecule has 2 amide bonds. The van der Waals surface area contributed by atoms with Crippen LogP contribution in [0.25, 0.3) is 0 Å². The molecule has 1 aliphatic heterocycles. The van der Waals surface area contributed by atoms with Crippen molar-refractivity contribution in [2.75, 3.05) is 39.8 Å². The summed E-state index contributed by atoms with van der Waals surface area (Å²) in [5.41, 5.74) is 1.06. The highest BCUT2D eigenvalue weighted by Gasteiger charge is 2.37. The second-order valence-electron chi connectivity index (χ2n) is 6.63. The minimum Gasteiger partial charge on any atom is -0.346 e. The van der Waals surface area contributed by atoms with Gasteiger partial charge in [0.2, 0.25) is 11.8 Å². The number of carbonyl (C=O) groups excluding carboxylic acids is 2. The van der Waals surface area contributed by atoms with Gasteiger partial charge in [0, 0.05) is 26.2 Å². The molecular formula is C18H25N3O2. The van der Waals surface area contributed by atoms with Crippen LogP contribution in [0.4, 0.5) is 0 Å². The van der Waals surface area contributed by atoms with Gasteiger partial charge in [-0.25, -0.2) is 0 Å². The van der Waals surface area contributed by atoms with Gasteiger partial charge < -0.3 is 15.1 Å². The van der Waals surface area contributed by atoms with Crippen LogP contribution in [0.15, 0.2) is 30.3 Å². The molecule has 0 radical (unpaired) electrons. The quantitative estimate of drug-likeness (QED) is 0.884. The van der Waals surface area contributed by atoms with Gasteiger partial charge in [-0.05, 0) is 31.4 Å². The highest BCUT2D eigenvalue weighted by molar-refractivity contribution is 5.89. The van der Waals surface area contributed by atoms with E-state index in [-0.39, 0.29) is 24.3 Å². The van der Waals surface area contributed by atoms with E-state index in [1.54, 1.807) is 0 Å². The van der Waals surface area contributed by atoms with E-state index in [9.17, 15) is 9.59 Å². The van der Waals surface area contributed by atoms with Gasteiger partial charge in [0.15, 0.2) is 0 Å². The summed E-state index contributed by atoms with van der Waals surface area (Å²) in [7, 11) is 2.06. The molecule has 1 atom stereocenters. The number of benzene rings is 1. The van der Waals surface area contributed by atoms with Gasteiger partial charge in [0.1, 0.15) is 0 Å². The molecule has 1 N–H and O–H groups in total. The maximum atomic E-state index is 12.6. The Kier molecular flexibility index (Phi) is 4.96. The topological polar surface area (TPSA) is 52.6 Å². The van der Waals surface area contributed by atoms with Crippen molar-refractivity contribution in [3.8, 4) is 0 Å². The lowest BCUT2D eigenvalue weighted by molar-refractivity contribution is -0.134. The zero-order valence-corrected chi connectivity index (χ0v) is 13.7. The summed E-state index contributed by atoms with van der Waals surface area (Å²) in [6.07, 6.45) is 2.19. The third-order valence-corrected chi connectivity index (χ3v) is 4.80. The molecule has 2 fully saturated rings. The summed E-state index contributed by atoms with van der Waals surface area (Å²) in [6.45, 7) is 3.40. The average molecular weight is 315 g/mol. The van der Waals surface area contributed by atoms with Crippen LogP contribution in [0.2, 0.25) is 0 Å². The fourth-order valence-corrected chi connectivity index (χ4v) is 3.17. The number of likely N-dealkylation sites (N-methyl/N-ethyl adjacent to an activating group) is 1. The van der Waals surface area contributed by atoms with Gasteiger partial charge in [-0.1, -0.05) is 30.3 Å². The van der Waals surface area contributed by atoms with Crippen LogP contribution in [-0.4, -0.2) is 61.4 Å². The van der Waals surface area contributed by atoms with Crippen molar-refractivity contribution in [3.05, 3.63) is 35.9 Å². The molecule has 1 saturated heterocycles. The first-order valence-corrected chi connectivity index (χ1v) is 8.44. The Hall–Kier alpha value is -1.88. The number of amides is 2. The number of hydrogen-bond acceptors (Lipinski definition) is 3. The van der Waals surface area contributed by atoms with Crippen LogP contribution in [0, 0.1) is 5.92 Å². The van der Waals surface area contributed by atoms with Crippen molar-refractivity contribution in [1.29, 1.82) is 0 Å². The van der Waals surface area contributed by atoms with E-state index >= 15 is 0 Å². The molecule has 3 rings (SSSR count). The van der Waals surface area contributed by atoms with Crippen molar-refractivity contribution in [2.24, 2.45) is 5.92 Å². The molecule has 1 aromatic rings. The molecule has 1 unspecified atom stereocenters. The van der Waals surface area contributed by atoms with E-state index in [1.807, 2.05) is 35.2 Å². The number of nitrogens with zero attached hydrogens (tertiary/aromatic N) is 2. The molecule has 0 bridgehead atoms. The van der Waals surface area contributed by atoms with E-state index < -0.39 is 0 Å². The van der Waals surface area contributed by atoms with Crippen molar-refractivity contribution in [2.45, 2.75) is 18.8 Å². The van der Waals surface area contributed by atoms with Crippen molar-refractivity contribution in [1.82, 2.24) is 15.1 Å². The summed E-state index contributed by atoms with van der Waals surface area (Å²) < 4.78 is 0. The first kappa shape index (κ1) is 16.0. The highest BCUT2D eigenvalue weighted by atomic mass is 16.2. The summed E-state index contributed by atoms with van der Waals surface area (Å²) in [4.78, 5) is 28.9. The Bertz CT molecular complexity index is 549. The van der Waals surface area contributed by atoms with Crippen LogP contribution in [0.1, 0.15) is 24.3 Å². The van der Waals surface area contributed by atoms with Crippen molar-refractivity contribution in [3.63, 3.8) is 0 Å². The largest absolute Gasteiger partial charge is 0.346 e. The SMILES string of the molecule is CN1CCN(C(=O)CNC(=O)C(c2ccccc2)C2CC2)CC1. The predicted molar refractivity (Wildman–Crippen MR) is 89.0 cm³/mol. The van der Waals surface area contributed by atoms with Crippen LogP contribution < -0.4 is 5.32 Å². The Morgan fingerprint density at radius 3 is 2.39 bits per heavy atom. The van der Waals surface area contributed by atoms with E-state index in [1.165, 1.54) is 0 Å². The normalized spacial score (nSPS) is 20.1. The van der Waals surface area contributed by atoms with E-state index in [0.717, 1.165) is 44.6 Å². The number of nitrogens with one attached hydrogen (secondary N) is 1. The summed E-state index contributed by atoms with van der Waals surface area (Å²) in [5.74, 6) is 0.322. The molecule has 23 heavy (non-hydrogen) atoms. The maximum Gasteiger partial charge on any atom is 0.242 e. The lowest BCUT2D eigenvalue weighted by Crippen LogP contribution is -2.50. The lowest BCUT2D eigenvalue weighted by atomic mass is 9.93. The van der Waals surface area contributed by atoms with Gasteiger partial charge in [-0.15, -0.1) is 0 Å². The number of carbonyl (C=O) groups is 2. The van der Waals surface area contributed by atoms with Crippen LogP contribution in [0.5, 0.6) is 0 Å². The van der Waals surface area contributed by atoms with Crippen LogP contribution in [-0.2, 0) is 9.59 Å². The summed E-state index contributed by atoms with van der Waals surface area (Å²) >= 11 is 0. The first-order chi connectivity index (χ1) is 11.1. The molecule has 1 saturated carbocycles. The summed E-state index contributed by atoms with van der Waals surface area (Å²) in [5, 5.41) is 2.87. The van der Waals surface area contributed by atoms with Gasteiger partial charge in [-0.3, -0.25) is 9.59 Å². The number of rotatable bonds is 5. The second kappa shape index (κ2) is 7.13. The Balaban J connectivity index is 1.54. The Morgan fingerprint density at radius 1 is 1.13 bits per heavy atom. The Morgan fingerprint density at radius 2 is 1.78 bits per heavy atom. The molecule has 0 aromatic heterocycles. The van der Waals surface area contributed by atoms with Crippen LogP contribution >= 0.6 is 0 Å². The van der Waals surface area contributed by atoms with Gasteiger partial charge in [-0.2, -0.15) is 0 Å². The molecule has 124 valence electrons. The average Bonchev–Trinajstić information content (AvgIpc) is 3.39. The smallest absolute Gasteiger partial charge is 0.242 e. The molecule has 5 nitrogen and oxygen atoms in total. The molecule has 0 spiro atoms. The van der Waals surface area contributed by atoms with E-state index in [2.05, 4.69) is 17.3 Å². The van der Waals surface area contributed by atoms with Crippen molar-refractivity contribution < 1.29 is 9.59 Å². The lowest BCUT2D eigenvalue weighted by Gasteiger charge is -2.32. The number of piperazine rings is 1. The highest BCUT2D eigenvalue weighted by Crippen LogP contribution is 2.42. The Labute approximate surface area is 137 Å². The molecule has 1 aliphatic carbocycles. The zero-order valence-electron chi connectivity index (χ0n) is 13.7. The monoisotopic (exact) mass is 315 g/mol. The third-order valence-electron chi connectivity index (χ3n) is 4.80. The van der Waals surface area contributed by atoms with Gasteiger partial charge >= 0.3 is 0 Å². The van der Waals surface area contributed by atoms with Crippen molar-refractivity contribution >= 4 is 11.8 Å². The summed E-state index contributed by atoms with van der Waals surface area (Å²) in [6, 6.07) is 9.90. The first-order valence-electron chi connectivity index (χ1n) is 8.44. The molecule has 2 aliphatic rings. The second-order valence-corrected chi connectivity index (χ2v) is 6.63. The fraction of sp³-hybridized carbons (Fsp3) is 0.556. The zero-order chi connectivity index (χ0) is 16.2. The van der Waals surface area contributed by atoms with E-state index in [4.69, 9.17) is 0 Å². The van der Waals surface area contributed by atoms with Gasteiger partial charge in [0.05, 0.1) is 12.5 Å². The fourth-order valence-electron chi connectivity index (χ4n) is 3.17. The predicted octanol–water partition coefficient (Wildman–Crippen LogP) is 1.07. The molecular weight excluding hydrogens is 290 g/mol. The minimum absolute atomic E-state index is 0.0128. The molecule has 5 heteroatoms. The standard InChI is InChI=1S/C18H25N3O2/c1-20-9-11-21(12-10-20)16(22)13-19-18(23)17(15-7-8-15)14-5-3-2-4-6-14/h2-6,15,17H,7-13H2,1H3,(H,19,23).